The molecular formula is C16H26N4O2. The summed E-state index contributed by atoms with van der Waals surface area (Å²) >= 11 is 0. The fourth-order valence-electron chi connectivity index (χ4n) is 2.62. The van der Waals surface area contributed by atoms with Crippen LogP contribution in [0, 0.1) is 5.92 Å². The van der Waals surface area contributed by atoms with Crippen molar-refractivity contribution in [1.29, 1.82) is 0 Å². The first-order valence-electron chi connectivity index (χ1n) is 8.12. The lowest BCUT2D eigenvalue weighted by Gasteiger charge is -2.33. The van der Waals surface area contributed by atoms with Gasteiger partial charge in [0.05, 0.1) is 12.0 Å². The van der Waals surface area contributed by atoms with Gasteiger partial charge >= 0.3 is 0 Å². The van der Waals surface area contributed by atoms with Crippen LogP contribution in [0.1, 0.15) is 40.0 Å². The molecule has 1 aromatic heterocycles. The lowest BCUT2D eigenvalue weighted by molar-refractivity contribution is -0.125. The van der Waals surface area contributed by atoms with Gasteiger partial charge in [0.1, 0.15) is 0 Å². The summed E-state index contributed by atoms with van der Waals surface area (Å²) in [6.07, 6.45) is 6.21. The molecule has 0 aliphatic carbocycles. The van der Waals surface area contributed by atoms with E-state index in [9.17, 15) is 4.79 Å². The van der Waals surface area contributed by atoms with Crippen LogP contribution >= 0.6 is 0 Å². The largest absolute Gasteiger partial charge is 0.472 e. The summed E-state index contributed by atoms with van der Waals surface area (Å²) in [5.74, 6) is 1.44. The van der Waals surface area contributed by atoms with Crippen molar-refractivity contribution in [3.63, 3.8) is 0 Å². The summed E-state index contributed by atoms with van der Waals surface area (Å²) < 4.78 is 5.74. The van der Waals surface area contributed by atoms with Gasteiger partial charge in [-0.3, -0.25) is 4.79 Å². The van der Waals surface area contributed by atoms with Crippen LogP contribution in [0.5, 0.6) is 5.88 Å². The van der Waals surface area contributed by atoms with Crippen LogP contribution in [0.15, 0.2) is 12.4 Å². The molecule has 22 heavy (non-hydrogen) atoms. The van der Waals surface area contributed by atoms with Crippen molar-refractivity contribution < 1.29 is 9.53 Å². The van der Waals surface area contributed by atoms with E-state index < -0.39 is 0 Å². The summed E-state index contributed by atoms with van der Waals surface area (Å²) in [4.78, 5) is 23.0. The molecule has 2 heterocycles. The van der Waals surface area contributed by atoms with Crippen molar-refractivity contribution in [2.75, 3.05) is 24.5 Å². The SMILES string of the molecule is CCCNC(=O)C1CCCN(c2nccnc2OC(C)C)C1. The maximum Gasteiger partial charge on any atom is 0.257 e. The Morgan fingerprint density at radius 2 is 2.23 bits per heavy atom. The van der Waals surface area contributed by atoms with Gasteiger partial charge in [-0.1, -0.05) is 6.92 Å². The van der Waals surface area contributed by atoms with Crippen LogP contribution in [0.4, 0.5) is 5.82 Å². The number of nitrogens with one attached hydrogen (secondary N) is 1. The Morgan fingerprint density at radius 3 is 2.95 bits per heavy atom. The van der Waals surface area contributed by atoms with Gasteiger partial charge in [-0.2, -0.15) is 0 Å². The summed E-state index contributed by atoms with van der Waals surface area (Å²) in [5, 5.41) is 2.99. The summed E-state index contributed by atoms with van der Waals surface area (Å²) in [6, 6.07) is 0. The molecule has 1 atom stereocenters. The lowest BCUT2D eigenvalue weighted by Crippen LogP contribution is -2.43. The van der Waals surface area contributed by atoms with Crippen molar-refractivity contribution in [3.05, 3.63) is 12.4 Å². The lowest BCUT2D eigenvalue weighted by atomic mass is 9.97. The molecule has 0 spiro atoms. The number of hydrogen-bond donors (Lipinski definition) is 1. The number of piperidine rings is 1. The highest BCUT2D eigenvalue weighted by Gasteiger charge is 2.28. The van der Waals surface area contributed by atoms with E-state index in [1.165, 1.54) is 0 Å². The zero-order valence-electron chi connectivity index (χ0n) is 13.7. The van der Waals surface area contributed by atoms with Crippen LogP contribution in [-0.4, -0.2) is 41.6 Å². The van der Waals surface area contributed by atoms with E-state index in [0.29, 0.717) is 12.4 Å². The number of amides is 1. The molecule has 0 radical (unpaired) electrons. The third-order valence-electron chi connectivity index (χ3n) is 3.63. The Balaban J connectivity index is 2.07. The smallest absolute Gasteiger partial charge is 0.257 e. The van der Waals surface area contributed by atoms with E-state index in [0.717, 1.165) is 38.2 Å². The van der Waals surface area contributed by atoms with Gasteiger partial charge in [0.15, 0.2) is 5.82 Å². The number of carbonyl (C=O) groups is 1. The zero-order valence-corrected chi connectivity index (χ0v) is 13.7. The van der Waals surface area contributed by atoms with Crippen LogP contribution in [0.3, 0.4) is 0 Å². The first kappa shape index (κ1) is 16.5. The molecule has 1 aliphatic rings. The van der Waals surface area contributed by atoms with Crippen molar-refractivity contribution in [2.24, 2.45) is 5.92 Å². The molecule has 1 amide bonds. The maximum absolute atomic E-state index is 12.2. The fraction of sp³-hybridized carbons (Fsp3) is 0.688. The monoisotopic (exact) mass is 306 g/mol. The topological polar surface area (TPSA) is 67.4 Å². The van der Waals surface area contributed by atoms with Gasteiger partial charge in [-0.15, -0.1) is 0 Å². The molecule has 6 heteroatoms. The number of aromatic nitrogens is 2. The fourth-order valence-corrected chi connectivity index (χ4v) is 2.62. The molecule has 1 saturated heterocycles. The van der Waals surface area contributed by atoms with Gasteiger partial charge in [-0.05, 0) is 33.1 Å². The standard InChI is InChI=1S/C16H26N4O2/c1-4-7-18-15(21)13-6-5-10-20(11-13)14-16(22-12(2)3)19-9-8-17-14/h8-9,12-13H,4-7,10-11H2,1-3H3,(H,18,21). The second-order valence-corrected chi connectivity index (χ2v) is 5.93. The van der Waals surface area contributed by atoms with E-state index in [1.807, 2.05) is 13.8 Å². The van der Waals surface area contributed by atoms with E-state index in [1.54, 1.807) is 12.4 Å². The molecule has 1 N–H and O–H groups in total. The van der Waals surface area contributed by atoms with Gasteiger partial charge in [0.2, 0.25) is 5.91 Å². The minimum absolute atomic E-state index is 0.00852. The third-order valence-corrected chi connectivity index (χ3v) is 3.63. The normalized spacial score (nSPS) is 18.4. The average molecular weight is 306 g/mol. The van der Waals surface area contributed by atoms with Crippen LogP contribution in [0.2, 0.25) is 0 Å². The first-order chi connectivity index (χ1) is 10.6. The molecular weight excluding hydrogens is 280 g/mol. The second kappa shape index (κ2) is 7.96. The predicted octanol–water partition coefficient (Wildman–Crippen LogP) is 2.01. The minimum atomic E-state index is 0.00852. The predicted molar refractivity (Wildman–Crippen MR) is 86.0 cm³/mol. The average Bonchev–Trinajstić information content (AvgIpc) is 2.52. The van der Waals surface area contributed by atoms with Gasteiger partial charge in [0, 0.05) is 32.0 Å². The highest BCUT2D eigenvalue weighted by Crippen LogP contribution is 2.28. The number of anilines is 1. The molecule has 0 bridgehead atoms. The van der Waals surface area contributed by atoms with Crippen molar-refractivity contribution in [1.82, 2.24) is 15.3 Å². The van der Waals surface area contributed by atoms with E-state index in [-0.39, 0.29) is 17.9 Å². The van der Waals surface area contributed by atoms with E-state index in [2.05, 4.69) is 27.1 Å². The third kappa shape index (κ3) is 4.32. The van der Waals surface area contributed by atoms with Crippen molar-refractivity contribution in [3.8, 4) is 5.88 Å². The minimum Gasteiger partial charge on any atom is -0.472 e. The highest BCUT2D eigenvalue weighted by atomic mass is 16.5. The molecule has 0 aromatic carbocycles. The Hall–Kier alpha value is -1.85. The zero-order chi connectivity index (χ0) is 15.9. The van der Waals surface area contributed by atoms with Crippen LogP contribution in [0.25, 0.3) is 0 Å². The first-order valence-corrected chi connectivity index (χ1v) is 8.12. The number of carbonyl (C=O) groups excluding carboxylic acids is 1. The Morgan fingerprint density at radius 1 is 1.45 bits per heavy atom. The molecule has 2 rings (SSSR count). The number of rotatable bonds is 6. The quantitative estimate of drug-likeness (QED) is 0.871. The molecule has 1 aliphatic heterocycles. The van der Waals surface area contributed by atoms with E-state index >= 15 is 0 Å². The maximum atomic E-state index is 12.2. The molecule has 0 saturated carbocycles. The van der Waals surface area contributed by atoms with Gasteiger partial charge < -0.3 is 15.0 Å². The number of nitrogens with zero attached hydrogens (tertiary/aromatic N) is 3. The van der Waals surface area contributed by atoms with Crippen molar-refractivity contribution in [2.45, 2.75) is 46.1 Å². The highest BCUT2D eigenvalue weighted by molar-refractivity contribution is 5.79. The Kier molecular flexibility index (Phi) is 5.98. The summed E-state index contributed by atoms with van der Waals surface area (Å²) in [5.41, 5.74) is 0. The molecule has 6 nitrogen and oxygen atoms in total. The van der Waals surface area contributed by atoms with Gasteiger partial charge in [-0.25, -0.2) is 9.97 Å². The Bertz CT molecular complexity index is 493. The number of ether oxygens (including phenoxy) is 1. The van der Waals surface area contributed by atoms with Gasteiger partial charge in [0.25, 0.3) is 5.88 Å². The van der Waals surface area contributed by atoms with Crippen LogP contribution in [-0.2, 0) is 4.79 Å². The van der Waals surface area contributed by atoms with Crippen molar-refractivity contribution >= 4 is 11.7 Å². The summed E-state index contributed by atoms with van der Waals surface area (Å²) in [6.45, 7) is 8.28. The Labute approximate surface area is 132 Å². The second-order valence-electron chi connectivity index (χ2n) is 5.93. The summed E-state index contributed by atoms with van der Waals surface area (Å²) in [7, 11) is 0. The number of hydrogen-bond acceptors (Lipinski definition) is 5. The molecule has 1 fully saturated rings. The van der Waals surface area contributed by atoms with E-state index in [4.69, 9.17) is 4.74 Å². The van der Waals surface area contributed by atoms with Crippen LogP contribution < -0.4 is 15.0 Å². The molecule has 122 valence electrons. The molecule has 1 unspecified atom stereocenters. The molecule has 1 aromatic rings.